The Bertz CT molecular complexity index is 1880. The fraction of sp³-hybridized carbons (Fsp3) is 0.343. The van der Waals surface area contributed by atoms with Crippen molar-refractivity contribution in [1.29, 1.82) is 0 Å². The van der Waals surface area contributed by atoms with Crippen molar-refractivity contribution in [3.8, 4) is 22.8 Å². The molecule has 0 aliphatic carbocycles. The van der Waals surface area contributed by atoms with E-state index >= 15 is 0 Å². The van der Waals surface area contributed by atoms with Crippen LogP contribution in [0.3, 0.4) is 0 Å². The van der Waals surface area contributed by atoms with E-state index < -0.39 is 30.6 Å². The molecule has 1 atom stereocenters. The Morgan fingerprint density at radius 3 is 2.28 bits per heavy atom. The van der Waals surface area contributed by atoms with Gasteiger partial charge in [-0.3, -0.25) is 5.32 Å². The lowest BCUT2D eigenvalue weighted by Crippen LogP contribution is -2.35. The maximum Gasteiger partial charge on any atom is 0.573 e. The first-order valence-electron chi connectivity index (χ1n) is 16.1. The van der Waals surface area contributed by atoms with Gasteiger partial charge in [0.1, 0.15) is 18.2 Å². The van der Waals surface area contributed by atoms with E-state index in [-0.39, 0.29) is 23.3 Å². The van der Waals surface area contributed by atoms with Gasteiger partial charge in [0.15, 0.2) is 16.2 Å². The van der Waals surface area contributed by atoms with Crippen molar-refractivity contribution < 1.29 is 40.6 Å². The molecule has 0 saturated heterocycles. The number of aliphatic imine (C=N–C) groups is 2. The van der Waals surface area contributed by atoms with Crippen LogP contribution in [0.1, 0.15) is 43.4 Å². The summed E-state index contributed by atoms with van der Waals surface area (Å²) in [5.41, 5.74) is 4.47. The molecule has 0 saturated carbocycles. The van der Waals surface area contributed by atoms with Crippen molar-refractivity contribution >= 4 is 45.6 Å². The SMILES string of the molecule is CCS/C(=N\C(=N\C(Cc1ccc(-c2ncn(-c3ccc(OC(F)(F)F)cc3)n2)cc1)NC(=O)OC)SCC(F)(F)F)Nc1cc(C)ccc1C(C)C. The number of carbonyl (C=O) groups is 1. The second-order valence-corrected chi connectivity index (χ2v) is 13.8. The monoisotopic (exact) mass is 781 g/mol. The number of halogens is 6. The van der Waals surface area contributed by atoms with Gasteiger partial charge < -0.3 is 14.8 Å². The van der Waals surface area contributed by atoms with E-state index in [2.05, 4.69) is 35.4 Å². The van der Waals surface area contributed by atoms with E-state index in [0.29, 0.717) is 45.3 Å². The minimum atomic E-state index is -4.81. The number of benzene rings is 3. The van der Waals surface area contributed by atoms with E-state index in [1.165, 1.54) is 34.9 Å². The number of amidine groups is 2. The second-order valence-electron chi connectivity index (χ2n) is 11.6. The van der Waals surface area contributed by atoms with Crippen LogP contribution in [0.4, 0.5) is 36.8 Å². The highest BCUT2D eigenvalue weighted by molar-refractivity contribution is 8.15. The predicted octanol–water partition coefficient (Wildman–Crippen LogP) is 9.36. The molecule has 1 amide bonds. The standard InChI is InChI=1S/C35H37F6N7O3S2/c1-6-52-31(43-28-17-22(4)7-16-27(28)21(2)3)46-32(53-19-34(36,37)38)44-29(45-33(49)50-5)18-23-8-10-24(11-9-23)30-42-20-48(47-30)25-12-14-26(15-13-25)51-35(39,40)41/h7-17,20-21,29H,6,18-19H2,1-5H3,(H,45,49)(H,43,44,46). The van der Waals surface area contributed by atoms with Gasteiger partial charge in [-0.1, -0.05) is 80.7 Å². The number of anilines is 1. The second kappa shape index (κ2) is 18.4. The van der Waals surface area contributed by atoms with E-state index in [9.17, 15) is 31.1 Å². The van der Waals surface area contributed by atoms with Crippen LogP contribution in [0.5, 0.6) is 5.75 Å². The molecular formula is C35H37F6N7O3S2. The van der Waals surface area contributed by atoms with Gasteiger partial charge in [-0.2, -0.15) is 18.2 Å². The van der Waals surface area contributed by atoms with Gasteiger partial charge in [0.2, 0.25) is 0 Å². The summed E-state index contributed by atoms with van der Waals surface area (Å²) in [5.74, 6) is -0.589. The zero-order valence-corrected chi connectivity index (χ0v) is 30.9. The van der Waals surface area contributed by atoms with Crippen molar-refractivity contribution in [2.45, 2.75) is 58.7 Å². The third kappa shape index (κ3) is 13.3. The third-order valence-corrected chi connectivity index (χ3v) is 8.80. The van der Waals surface area contributed by atoms with Crippen molar-refractivity contribution in [2.75, 3.05) is 23.9 Å². The Morgan fingerprint density at radius 2 is 1.68 bits per heavy atom. The maximum absolute atomic E-state index is 13.4. The number of rotatable bonds is 11. The van der Waals surface area contributed by atoms with Crippen LogP contribution >= 0.6 is 23.5 Å². The normalized spacial score (nSPS) is 13.2. The Balaban J connectivity index is 1.60. The summed E-state index contributed by atoms with van der Waals surface area (Å²) in [6.07, 6.45) is -9.76. The summed E-state index contributed by atoms with van der Waals surface area (Å²) < 4.78 is 87.9. The quantitative estimate of drug-likeness (QED) is 0.0880. The number of nitrogens with zero attached hydrogens (tertiary/aromatic N) is 5. The predicted molar refractivity (Wildman–Crippen MR) is 197 cm³/mol. The number of nitrogens with one attached hydrogen (secondary N) is 2. The fourth-order valence-electron chi connectivity index (χ4n) is 4.75. The summed E-state index contributed by atoms with van der Waals surface area (Å²) in [4.78, 5) is 25.6. The molecule has 1 heterocycles. The molecule has 2 N–H and O–H groups in total. The molecule has 1 unspecified atom stereocenters. The minimum absolute atomic E-state index is 0.0637. The maximum atomic E-state index is 13.4. The molecule has 1 aromatic heterocycles. The van der Waals surface area contributed by atoms with Crippen LogP contribution in [0.25, 0.3) is 17.1 Å². The lowest BCUT2D eigenvalue weighted by molar-refractivity contribution is -0.274. The van der Waals surface area contributed by atoms with E-state index in [1.807, 2.05) is 45.9 Å². The molecule has 284 valence electrons. The van der Waals surface area contributed by atoms with E-state index in [4.69, 9.17) is 4.74 Å². The highest BCUT2D eigenvalue weighted by atomic mass is 32.2. The molecule has 0 aliphatic heterocycles. The van der Waals surface area contributed by atoms with Crippen LogP contribution < -0.4 is 15.4 Å². The Kier molecular flexibility index (Phi) is 14.2. The molecule has 18 heteroatoms. The highest BCUT2D eigenvalue weighted by Crippen LogP contribution is 2.29. The number of carbonyl (C=O) groups excluding carboxylic acids is 1. The fourth-order valence-corrected chi connectivity index (χ4v) is 6.07. The molecule has 0 bridgehead atoms. The van der Waals surface area contributed by atoms with E-state index in [0.717, 1.165) is 36.1 Å². The molecule has 3 aromatic carbocycles. The van der Waals surface area contributed by atoms with Crippen LogP contribution in [0, 0.1) is 6.92 Å². The average molecular weight is 782 g/mol. The molecule has 0 aliphatic rings. The topological polar surface area (TPSA) is 115 Å². The van der Waals surface area contributed by atoms with E-state index in [1.54, 1.807) is 24.3 Å². The van der Waals surface area contributed by atoms with Crippen molar-refractivity contribution in [2.24, 2.45) is 9.98 Å². The minimum Gasteiger partial charge on any atom is -0.453 e. The molecule has 0 radical (unpaired) electrons. The largest absolute Gasteiger partial charge is 0.573 e. The Labute approximate surface area is 310 Å². The number of ether oxygens (including phenoxy) is 2. The Morgan fingerprint density at radius 1 is 0.981 bits per heavy atom. The summed E-state index contributed by atoms with van der Waals surface area (Å²) in [6, 6.07) is 17.9. The average Bonchev–Trinajstić information content (AvgIpc) is 3.57. The van der Waals surface area contributed by atoms with Crippen molar-refractivity contribution in [1.82, 2.24) is 20.1 Å². The summed E-state index contributed by atoms with van der Waals surface area (Å²) >= 11 is 1.70. The van der Waals surface area contributed by atoms with Gasteiger partial charge in [-0.25, -0.2) is 19.5 Å². The Hall–Kier alpha value is -4.71. The van der Waals surface area contributed by atoms with Crippen LogP contribution in [0.15, 0.2) is 83.0 Å². The molecule has 10 nitrogen and oxygen atoms in total. The zero-order chi connectivity index (χ0) is 38.8. The number of hydrogen-bond acceptors (Lipinski definition) is 8. The smallest absolute Gasteiger partial charge is 0.453 e. The number of alkyl carbamates (subject to hydrolysis) is 1. The van der Waals surface area contributed by atoms with Gasteiger partial charge >= 0.3 is 18.6 Å². The van der Waals surface area contributed by atoms with Gasteiger partial charge in [-0.05, 0) is 65.6 Å². The van der Waals surface area contributed by atoms with Gasteiger partial charge in [0.05, 0.1) is 18.6 Å². The lowest BCUT2D eigenvalue weighted by Gasteiger charge is -2.18. The first kappa shape index (κ1) is 41.1. The van der Waals surface area contributed by atoms with Crippen LogP contribution in [-0.4, -0.2) is 68.5 Å². The number of aromatic nitrogens is 3. The van der Waals surface area contributed by atoms with Crippen LogP contribution in [-0.2, 0) is 11.2 Å². The number of hydrogen-bond donors (Lipinski definition) is 2. The summed E-state index contributed by atoms with van der Waals surface area (Å²) in [6.45, 7) is 7.90. The molecule has 0 fully saturated rings. The first-order chi connectivity index (χ1) is 25.0. The molecular weight excluding hydrogens is 745 g/mol. The van der Waals surface area contributed by atoms with Crippen molar-refractivity contribution in [3.05, 3.63) is 89.7 Å². The number of thioether (sulfide) groups is 2. The molecule has 0 spiro atoms. The molecule has 4 aromatic rings. The van der Waals surface area contributed by atoms with Gasteiger partial charge in [0.25, 0.3) is 0 Å². The zero-order valence-electron chi connectivity index (χ0n) is 29.2. The number of alkyl halides is 6. The first-order valence-corrected chi connectivity index (χ1v) is 18.1. The third-order valence-electron chi connectivity index (χ3n) is 7.12. The summed E-state index contributed by atoms with van der Waals surface area (Å²) in [7, 11) is 1.16. The van der Waals surface area contributed by atoms with Crippen LogP contribution in [0.2, 0.25) is 0 Å². The highest BCUT2D eigenvalue weighted by Gasteiger charge is 2.31. The lowest BCUT2D eigenvalue weighted by atomic mass is 9.99. The van der Waals surface area contributed by atoms with Crippen molar-refractivity contribution in [3.63, 3.8) is 0 Å². The van der Waals surface area contributed by atoms with Gasteiger partial charge in [-0.15, -0.1) is 18.3 Å². The summed E-state index contributed by atoms with van der Waals surface area (Å²) in [5, 5.41) is 10.4. The van der Waals surface area contributed by atoms with Gasteiger partial charge in [0, 0.05) is 17.7 Å². The number of amides is 1. The number of aryl methyl sites for hydroxylation is 1. The number of methoxy groups -OCH3 is 1. The molecule has 4 rings (SSSR count). The molecule has 53 heavy (non-hydrogen) atoms.